The molecule has 2 amide bonds. The number of phenols is 1. The van der Waals surface area contributed by atoms with Gasteiger partial charge >= 0.3 is 0 Å². The van der Waals surface area contributed by atoms with E-state index in [4.69, 9.17) is 10.5 Å². The molecule has 0 bridgehead atoms. The first-order chi connectivity index (χ1) is 16.5. The lowest BCUT2D eigenvalue weighted by Crippen LogP contribution is -2.35. The molecule has 2 aliphatic rings. The number of hydrogen-bond acceptors (Lipinski definition) is 6. The van der Waals surface area contributed by atoms with Crippen LogP contribution in [-0.4, -0.2) is 63.2 Å². The number of likely N-dealkylation sites (tertiary alicyclic amines) is 1. The van der Waals surface area contributed by atoms with Gasteiger partial charge in [0.1, 0.15) is 11.5 Å². The lowest BCUT2D eigenvalue weighted by molar-refractivity contribution is 0.0717. The number of phenolic OH excluding ortho intramolecular Hbond substituents is 1. The summed E-state index contributed by atoms with van der Waals surface area (Å²) < 4.78 is 5.73. The fraction of sp³-hybridized carbons (Fsp3) is 0.400. The standard InChI is InChI=1S/C25H29N5O4/c26-7-4-10-34-18-6-5-16-14-30(15-17(16)11-18)24(32)20-12-19-21(13-22(20)31)27-28-23(19)25(33)29-8-2-1-3-9-29/h5-6,11-13,31H,1-4,7-10,14-15,26H2,(H,27,28). The molecule has 178 valence electrons. The molecule has 5 rings (SSSR count). The SMILES string of the molecule is NCCCOc1ccc2c(c1)CN(C(=O)c1cc3c(C(=O)N4CCCCC4)n[nH]c3cc1O)C2. The fourth-order valence-corrected chi connectivity index (χ4v) is 4.68. The average Bonchev–Trinajstić information content (AvgIpc) is 3.47. The van der Waals surface area contributed by atoms with E-state index in [1.165, 1.54) is 6.07 Å². The molecule has 0 radical (unpaired) electrons. The molecule has 3 heterocycles. The van der Waals surface area contributed by atoms with Gasteiger partial charge in [0.15, 0.2) is 5.69 Å². The van der Waals surface area contributed by atoms with Crippen LogP contribution < -0.4 is 10.5 Å². The van der Waals surface area contributed by atoms with Crippen LogP contribution in [0.1, 0.15) is 57.7 Å². The Balaban J connectivity index is 1.37. The first-order valence-electron chi connectivity index (χ1n) is 11.8. The average molecular weight is 464 g/mol. The highest BCUT2D eigenvalue weighted by Crippen LogP contribution is 2.32. The van der Waals surface area contributed by atoms with Crippen molar-refractivity contribution >= 4 is 22.7 Å². The van der Waals surface area contributed by atoms with E-state index in [0.717, 1.165) is 42.6 Å². The normalized spacial score (nSPS) is 15.6. The number of aromatic hydroxyl groups is 1. The summed E-state index contributed by atoms with van der Waals surface area (Å²) in [7, 11) is 0. The number of benzene rings is 2. The number of aromatic nitrogens is 2. The Hall–Kier alpha value is -3.59. The maximum Gasteiger partial charge on any atom is 0.274 e. The summed E-state index contributed by atoms with van der Waals surface area (Å²) in [6, 6.07) is 8.87. The summed E-state index contributed by atoms with van der Waals surface area (Å²) in [4.78, 5) is 29.9. The Labute approximate surface area is 197 Å². The fourth-order valence-electron chi connectivity index (χ4n) is 4.68. The highest BCUT2D eigenvalue weighted by atomic mass is 16.5. The van der Waals surface area contributed by atoms with Crippen molar-refractivity contribution in [3.05, 3.63) is 52.7 Å². The van der Waals surface area contributed by atoms with E-state index >= 15 is 0 Å². The zero-order valence-electron chi connectivity index (χ0n) is 19.0. The second-order valence-electron chi connectivity index (χ2n) is 8.92. The number of fused-ring (bicyclic) bond motifs is 2. The monoisotopic (exact) mass is 463 g/mol. The molecule has 3 aromatic rings. The minimum Gasteiger partial charge on any atom is -0.507 e. The molecule has 4 N–H and O–H groups in total. The topological polar surface area (TPSA) is 125 Å². The van der Waals surface area contributed by atoms with Gasteiger partial charge in [0.2, 0.25) is 0 Å². The van der Waals surface area contributed by atoms with Crippen molar-refractivity contribution in [2.45, 2.75) is 38.8 Å². The molecule has 0 atom stereocenters. The van der Waals surface area contributed by atoms with Crippen molar-refractivity contribution < 1.29 is 19.4 Å². The molecular weight excluding hydrogens is 434 g/mol. The summed E-state index contributed by atoms with van der Waals surface area (Å²) >= 11 is 0. The quantitative estimate of drug-likeness (QED) is 0.483. The van der Waals surface area contributed by atoms with Crippen LogP contribution in [0.2, 0.25) is 0 Å². The summed E-state index contributed by atoms with van der Waals surface area (Å²) in [5, 5.41) is 18.2. The van der Waals surface area contributed by atoms with E-state index in [1.54, 1.807) is 15.9 Å². The third-order valence-electron chi connectivity index (χ3n) is 6.56. The molecule has 1 fully saturated rings. The molecule has 0 unspecified atom stereocenters. The van der Waals surface area contributed by atoms with Gasteiger partial charge in [0.25, 0.3) is 11.8 Å². The van der Waals surface area contributed by atoms with Crippen LogP contribution >= 0.6 is 0 Å². The molecule has 0 aliphatic carbocycles. The molecule has 34 heavy (non-hydrogen) atoms. The number of hydrogen-bond donors (Lipinski definition) is 3. The summed E-state index contributed by atoms with van der Waals surface area (Å²) in [5.74, 6) is 0.175. The zero-order valence-corrected chi connectivity index (χ0v) is 19.0. The second-order valence-corrected chi connectivity index (χ2v) is 8.92. The molecule has 1 saturated heterocycles. The maximum absolute atomic E-state index is 13.4. The van der Waals surface area contributed by atoms with E-state index in [0.29, 0.717) is 50.2 Å². The van der Waals surface area contributed by atoms with Crippen LogP contribution in [0.3, 0.4) is 0 Å². The van der Waals surface area contributed by atoms with Crippen molar-refractivity contribution in [1.82, 2.24) is 20.0 Å². The summed E-state index contributed by atoms with van der Waals surface area (Å²) in [5.41, 5.74) is 8.56. The van der Waals surface area contributed by atoms with Crippen LogP contribution in [0.4, 0.5) is 0 Å². The Kier molecular flexibility index (Phi) is 6.10. The van der Waals surface area contributed by atoms with Crippen molar-refractivity contribution in [1.29, 1.82) is 0 Å². The molecule has 0 saturated carbocycles. The molecule has 0 spiro atoms. The Morgan fingerprint density at radius 1 is 1.03 bits per heavy atom. The first-order valence-corrected chi connectivity index (χ1v) is 11.8. The predicted molar refractivity (Wildman–Crippen MR) is 127 cm³/mol. The van der Waals surface area contributed by atoms with Gasteiger partial charge in [-0.2, -0.15) is 5.10 Å². The minimum atomic E-state index is -0.293. The van der Waals surface area contributed by atoms with E-state index < -0.39 is 0 Å². The third-order valence-corrected chi connectivity index (χ3v) is 6.56. The van der Waals surface area contributed by atoms with Gasteiger partial charge < -0.3 is 25.4 Å². The van der Waals surface area contributed by atoms with Crippen LogP contribution in [0.15, 0.2) is 30.3 Å². The van der Waals surface area contributed by atoms with Crippen molar-refractivity contribution in [3.63, 3.8) is 0 Å². The summed E-state index contributed by atoms with van der Waals surface area (Å²) in [6.45, 7) is 3.41. The van der Waals surface area contributed by atoms with E-state index in [-0.39, 0.29) is 28.8 Å². The third kappa shape index (κ3) is 4.19. The van der Waals surface area contributed by atoms with Gasteiger partial charge in [-0.05, 0) is 61.6 Å². The Morgan fingerprint density at radius 2 is 1.82 bits per heavy atom. The number of piperidine rings is 1. The molecule has 1 aromatic heterocycles. The number of rotatable bonds is 6. The number of carbonyl (C=O) groups excluding carboxylic acids is 2. The number of aromatic amines is 1. The van der Waals surface area contributed by atoms with E-state index in [9.17, 15) is 14.7 Å². The lowest BCUT2D eigenvalue weighted by Gasteiger charge is -2.26. The Bertz CT molecular complexity index is 1230. The lowest BCUT2D eigenvalue weighted by atomic mass is 10.1. The molecule has 9 nitrogen and oxygen atoms in total. The largest absolute Gasteiger partial charge is 0.507 e. The van der Waals surface area contributed by atoms with Crippen LogP contribution in [0.25, 0.3) is 10.9 Å². The van der Waals surface area contributed by atoms with Crippen molar-refractivity contribution in [3.8, 4) is 11.5 Å². The van der Waals surface area contributed by atoms with Crippen molar-refractivity contribution in [2.75, 3.05) is 26.2 Å². The van der Waals surface area contributed by atoms with Gasteiger partial charge in [-0.1, -0.05) is 6.07 Å². The van der Waals surface area contributed by atoms with Gasteiger partial charge in [0, 0.05) is 37.6 Å². The van der Waals surface area contributed by atoms with Crippen LogP contribution in [-0.2, 0) is 13.1 Å². The number of amides is 2. The maximum atomic E-state index is 13.4. The Morgan fingerprint density at radius 3 is 2.62 bits per heavy atom. The number of H-pyrrole nitrogens is 1. The smallest absolute Gasteiger partial charge is 0.274 e. The second kappa shape index (κ2) is 9.34. The highest BCUT2D eigenvalue weighted by molar-refractivity contribution is 6.08. The summed E-state index contributed by atoms with van der Waals surface area (Å²) in [6.07, 6.45) is 3.86. The number of carbonyl (C=O) groups is 2. The molecule has 9 heteroatoms. The zero-order chi connectivity index (χ0) is 23.7. The number of nitrogens with zero attached hydrogens (tertiary/aromatic N) is 3. The van der Waals surface area contributed by atoms with Crippen LogP contribution in [0.5, 0.6) is 11.5 Å². The van der Waals surface area contributed by atoms with Crippen molar-refractivity contribution in [2.24, 2.45) is 5.73 Å². The minimum absolute atomic E-state index is 0.139. The van der Waals surface area contributed by atoms with Crippen LogP contribution in [0, 0.1) is 0 Å². The molecular formula is C25H29N5O4. The van der Waals surface area contributed by atoms with E-state index in [1.807, 2.05) is 18.2 Å². The van der Waals surface area contributed by atoms with Gasteiger partial charge in [0.05, 0.1) is 17.7 Å². The number of ether oxygens (including phenoxy) is 1. The predicted octanol–water partition coefficient (Wildman–Crippen LogP) is 2.78. The van der Waals surface area contributed by atoms with E-state index in [2.05, 4.69) is 10.2 Å². The molecule has 2 aliphatic heterocycles. The van der Waals surface area contributed by atoms with Gasteiger partial charge in [-0.15, -0.1) is 0 Å². The number of nitrogens with two attached hydrogens (primary N) is 1. The molecule has 2 aromatic carbocycles. The van der Waals surface area contributed by atoms with Gasteiger partial charge in [-0.25, -0.2) is 0 Å². The number of nitrogens with one attached hydrogen (secondary N) is 1. The van der Waals surface area contributed by atoms with Gasteiger partial charge in [-0.3, -0.25) is 14.7 Å². The first kappa shape index (κ1) is 22.2. The highest BCUT2D eigenvalue weighted by Gasteiger charge is 2.29.